The summed E-state index contributed by atoms with van der Waals surface area (Å²) >= 11 is 0. The van der Waals surface area contributed by atoms with E-state index in [0.29, 0.717) is 17.2 Å². The molecule has 1 aliphatic carbocycles. The molecule has 6 heteroatoms. The third kappa shape index (κ3) is 4.67. The molecular weight excluding hydrogens is 326 g/mol. The Morgan fingerprint density at radius 2 is 2.12 bits per heavy atom. The number of nitriles is 1. The highest BCUT2D eigenvalue weighted by Gasteiger charge is 2.11. The third-order valence-electron chi connectivity index (χ3n) is 4.30. The van der Waals surface area contributed by atoms with Crippen LogP contribution in [0.3, 0.4) is 0 Å². The standard InChI is InChI=1S/C20H21N5O/c21-14-16-8-4-5-9-17(16)24-19(26)18-11-13-23-20(25-18)22-12-10-15-6-2-1-3-7-15/h4-6,8-9,11,13H,1-3,7,10,12H2,(H,24,26)(H,22,23,25). The van der Waals surface area contributed by atoms with Gasteiger partial charge in [-0.15, -0.1) is 0 Å². The van der Waals surface area contributed by atoms with E-state index in [1.54, 1.807) is 36.5 Å². The summed E-state index contributed by atoms with van der Waals surface area (Å²) < 4.78 is 0. The van der Waals surface area contributed by atoms with Gasteiger partial charge in [-0.2, -0.15) is 5.26 Å². The van der Waals surface area contributed by atoms with Gasteiger partial charge in [0.25, 0.3) is 5.91 Å². The van der Waals surface area contributed by atoms with Crippen molar-refractivity contribution in [3.05, 3.63) is 59.4 Å². The number of nitrogens with zero attached hydrogens (tertiary/aromatic N) is 3. The minimum atomic E-state index is -0.367. The van der Waals surface area contributed by atoms with Gasteiger partial charge in [0, 0.05) is 12.7 Å². The second-order valence-electron chi connectivity index (χ2n) is 6.16. The second-order valence-corrected chi connectivity index (χ2v) is 6.16. The fourth-order valence-electron chi connectivity index (χ4n) is 2.91. The van der Waals surface area contributed by atoms with Gasteiger partial charge >= 0.3 is 0 Å². The van der Waals surface area contributed by atoms with Crippen molar-refractivity contribution >= 4 is 17.5 Å². The zero-order chi connectivity index (χ0) is 18.2. The van der Waals surface area contributed by atoms with Crippen molar-refractivity contribution in [2.45, 2.75) is 32.1 Å². The zero-order valence-corrected chi connectivity index (χ0v) is 14.5. The van der Waals surface area contributed by atoms with E-state index in [1.807, 2.05) is 0 Å². The van der Waals surface area contributed by atoms with Gasteiger partial charge in [-0.3, -0.25) is 4.79 Å². The SMILES string of the molecule is N#Cc1ccccc1NC(=O)c1ccnc(NCCC2=CCCCC2)n1. The first-order chi connectivity index (χ1) is 12.8. The number of rotatable bonds is 6. The first-order valence-electron chi connectivity index (χ1n) is 8.81. The first-order valence-corrected chi connectivity index (χ1v) is 8.81. The molecule has 0 fully saturated rings. The van der Waals surface area contributed by atoms with Crippen LogP contribution in [0.2, 0.25) is 0 Å². The third-order valence-corrected chi connectivity index (χ3v) is 4.30. The molecule has 1 amide bonds. The summed E-state index contributed by atoms with van der Waals surface area (Å²) in [6, 6.07) is 10.5. The quantitative estimate of drug-likeness (QED) is 0.773. The maximum atomic E-state index is 12.4. The van der Waals surface area contributed by atoms with Crippen LogP contribution in [0.25, 0.3) is 0 Å². The van der Waals surface area contributed by atoms with Crippen LogP contribution in [-0.4, -0.2) is 22.4 Å². The maximum Gasteiger partial charge on any atom is 0.274 e. The Morgan fingerprint density at radius 1 is 1.23 bits per heavy atom. The van der Waals surface area contributed by atoms with Crippen LogP contribution >= 0.6 is 0 Å². The average Bonchev–Trinajstić information content (AvgIpc) is 2.69. The highest BCUT2D eigenvalue weighted by atomic mass is 16.1. The molecule has 0 radical (unpaired) electrons. The maximum absolute atomic E-state index is 12.4. The van der Waals surface area contributed by atoms with E-state index >= 15 is 0 Å². The number of para-hydroxylation sites is 1. The molecule has 132 valence electrons. The van der Waals surface area contributed by atoms with Crippen LogP contribution in [0.15, 0.2) is 48.2 Å². The van der Waals surface area contributed by atoms with Gasteiger partial charge < -0.3 is 10.6 Å². The fraction of sp³-hybridized carbons (Fsp3) is 0.300. The molecule has 0 spiro atoms. The van der Waals surface area contributed by atoms with E-state index in [4.69, 9.17) is 5.26 Å². The van der Waals surface area contributed by atoms with Gasteiger partial charge in [0.05, 0.1) is 11.3 Å². The summed E-state index contributed by atoms with van der Waals surface area (Å²) in [4.78, 5) is 20.8. The van der Waals surface area contributed by atoms with Gasteiger partial charge in [0.15, 0.2) is 0 Å². The molecule has 0 unspecified atom stereocenters. The average molecular weight is 347 g/mol. The molecule has 1 heterocycles. The minimum absolute atomic E-state index is 0.257. The summed E-state index contributed by atoms with van der Waals surface area (Å²) in [5.74, 6) is 0.0655. The topological polar surface area (TPSA) is 90.7 Å². The highest BCUT2D eigenvalue weighted by molar-refractivity contribution is 6.03. The molecule has 0 saturated carbocycles. The van der Waals surface area contributed by atoms with Crippen molar-refractivity contribution in [1.82, 2.24) is 9.97 Å². The molecule has 0 saturated heterocycles. The molecule has 0 bridgehead atoms. The summed E-state index contributed by atoms with van der Waals surface area (Å²) in [7, 11) is 0. The molecule has 6 nitrogen and oxygen atoms in total. The van der Waals surface area contributed by atoms with Crippen molar-refractivity contribution in [3.63, 3.8) is 0 Å². The molecule has 0 aliphatic heterocycles. The van der Waals surface area contributed by atoms with E-state index in [-0.39, 0.29) is 11.6 Å². The number of carbonyl (C=O) groups is 1. The Labute approximate surface area is 153 Å². The van der Waals surface area contributed by atoms with Crippen molar-refractivity contribution < 1.29 is 4.79 Å². The van der Waals surface area contributed by atoms with Crippen LogP contribution in [0, 0.1) is 11.3 Å². The molecule has 3 rings (SSSR count). The molecule has 26 heavy (non-hydrogen) atoms. The molecule has 1 aliphatic rings. The first kappa shape index (κ1) is 17.6. The van der Waals surface area contributed by atoms with Crippen LogP contribution in [-0.2, 0) is 0 Å². The predicted octanol–water partition coefficient (Wildman–Crippen LogP) is 3.90. The van der Waals surface area contributed by atoms with Gasteiger partial charge in [-0.25, -0.2) is 9.97 Å². The Balaban J connectivity index is 1.60. The van der Waals surface area contributed by atoms with Gasteiger partial charge in [-0.1, -0.05) is 23.8 Å². The molecule has 1 aromatic carbocycles. The Kier molecular flexibility index (Phi) is 5.94. The number of amides is 1. The van der Waals surface area contributed by atoms with Gasteiger partial charge in [-0.05, 0) is 50.3 Å². The van der Waals surface area contributed by atoms with Crippen molar-refractivity contribution in [2.75, 3.05) is 17.2 Å². The molecular formula is C20H21N5O. The van der Waals surface area contributed by atoms with E-state index in [2.05, 4.69) is 32.7 Å². The van der Waals surface area contributed by atoms with E-state index in [0.717, 1.165) is 13.0 Å². The van der Waals surface area contributed by atoms with Crippen LogP contribution in [0.5, 0.6) is 0 Å². The fourth-order valence-corrected chi connectivity index (χ4v) is 2.91. The predicted molar refractivity (Wildman–Crippen MR) is 101 cm³/mol. The minimum Gasteiger partial charge on any atom is -0.354 e. The number of hydrogen-bond donors (Lipinski definition) is 2. The lowest BCUT2D eigenvalue weighted by molar-refractivity contribution is 0.102. The van der Waals surface area contributed by atoms with Crippen LogP contribution < -0.4 is 10.6 Å². The molecule has 2 N–H and O–H groups in total. The number of hydrogen-bond acceptors (Lipinski definition) is 5. The lowest BCUT2D eigenvalue weighted by atomic mass is 9.97. The molecule has 0 atom stereocenters. The largest absolute Gasteiger partial charge is 0.354 e. The normalized spacial score (nSPS) is 13.4. The Bertz CT molecular complexity index is 853. The Morgan fingerprint density at radius 3 is 2.92 bits per heavy atom. The smallest absolute Gasteiger partial charge is 0.274 e. The Hall–Kier alpha value is -3.20. The summed E-state index contributed by atoms with van der Waals surface area (Å²) in [5.41, 5.74) is 2.62. The van der Waals surface area contributed by atoms with Gasteiger partial charge in [0.1, 0.15) is 11.8 Å². The number of aromatic nitrogens is 2. The lowest BCUT2D eigenvalue weighted by Crippen LogP contribution is -2.16. The molecule has 2 aromatic rings. The molecule has 1 aromatic heterocycles. The van der Waals surface area contributed by atoms with Crippen LogP contribution in [0.1, 0.15) is 48.2 Å². The van der Waals surface area contributed by atoms with Crippen molar-refractivity contribution in [1.29, 1.82) is 5.26 Å². The number of benzene rings is 1. The number of carbonyl (C=O) groups excluding carboxylic acids is 1. The van der Waals surface area contributed by atoms with E-state index < -0.39 is 0 Å². The summed E-state index contributed by atoms with van der Waals surface area (Å²) in [6.45, 7) is 0.744. The number of anilines is 2. The number of allylic oxidation sites excluding steroid dienone is 1. The highest BCUT2D eigenvalue weighted by Crippen LogP contribution is 2.20. The van der Waals surface area contributed by atoms with Crippen molar-refractivity contribution in [2.24, 2.45) is 0 Å². The zero-order valence-electron chi connectivity index (χ0n) is 14.5. The van der Waals surface area contributed by atoms with E-state index in [9.17, 15) is 4.79 Å². The number of nitrogens with one attached hydrogen (secondary N) is 2. The van der Waals surface area contributed by atoms with Gasteiger partial charge in [0.2, 0.25) is 5.95 Å². The van der Waals surface area contributed by atoms with Crippen molar-refractivity contribution in [3.8, 4) is 6.07 Å². The monoisotopic (exact) mass is 347 g/mol. The van der Waals surface area contributed by atoms with E-state index in [1.165, 1.54) is 31.3 Å². The second kappa shape index (κ2) is 8.77. The lowest BCUT2D eigenvalue weighted by Gasteiger charge is -2.13. The summed E-state index contributed by atoms with van der Waals surface area (Å²) in [6.07, 6.45) is 9.74. The summed E-state index contributed by atoms with van der Waals surface area (Å²) in [5, 5.41) is 15.0. The van der Waals surface area contributed by atoms with Crippen LogP contribution in [0.4, 0.5) is 11.6 Å².